The second-order valence-corrected chi connectivity index (χ2v) is 8.67. The Balaban J connectivity index is 1.24. The zero-order valence-electron chi connectivity index (χ0n) is 20.6. The Kier molecular flexibility index (Phi) is 11.0. The number of esters is 2. The number of piperazine rings is 1. The minimum atomic E-state index is -0.385. The Bertz CT molecular complexity index is 906. The second kappa shape index (κ2) is 14.7. The number of nitrogens with zero attached hydrogens (tertiary/aromatic N) is 2. The van der Waals surface area contributed by atoms with Crippen molar-refractivity contribution in [2.75, 3.05) is 39.4 Å². The van der Waals surface area contributed by atoms with Crippen molar-refractivity contribution >= 4 is 23.8 Å². The molecule has 0 radical (unpaired) electrons. The van der Waals surface area contributed by atoms with Crippen molar-refractivity contribution in [3.8, 4) is 0 Å². The summed E-state index contributed by atoms with van der Waals surface area (Å²) in [6.07, 6.45) is 1.54. The lowest BCUT2D eigenvalue weighted by Gasteiger charge is -2.34. The summed E-state index contributed by atoms with van der Waals surface area (Å²) in [5.74, 6) is -1.01. The number of hydrogen-bond donors (Lipinski definition) is 0. The van der Waals surface area contributed by atoms with E-state index in [4.69, 9.17) is 9.47 Å². The van der Waals surface area contributed by atoms with Crippen molar-refractivity contribution in [1.29, 1.82) is 0 Å². The maximum Gasteiger partial charge on any atom is 0.306 e. The molecule has 8 nitrogen and oxygen atoms in total. The third-order valence-corrected chi connectivity index (χ3v) is 6.06. The quantitative estimate of drug-likeness (QED) is 0.421. The number of amides is 2. The summed E-state index contributed by atoms with van der Waals surface area (Å²) in [6.45, 7) is 2.23. The van der Waals surface area contributed by atoms with Crippen molar-refractivity contribution < 1.29 is 28.7 Å². The molecule has 0 spiro atoms. The first kappa shape index (κ1) is 26.9. The van der Waals surface area contributed by atoms with Crippen LogP contribution < -0.4 is 0 Å². The average molecular weight is 495 g/mol. The lowest BCUT2D eigenvalue weighted by Crippen LogP contribution is -2.50. The molecule has 8 heteroatoms. The maximum atomic E-state index is 12.4. The fourth-order valence-corrected chi connectivity index (χ4v) is 3.94. The topological polar surface area (TPSA) is 93.2 Å². The number of ether oxygens (including phenoxy) is 2. The van der Waals surface area contributed by atoms with Gasteiger partial charge in [-0.2, -0.15) is 0 Å². The molecule has 1 heterocycles. The molecule has 1 aliphatic heterocycles. The van der Waals surface area contributed by atoms with E-state index in [9.17, 15) is 19.2 Å². The molecule has 0 saturated carbocycles. The van der Waals surface area contributed by atoms with Gasteiger partial charge in [0.2, 0.25) is 11.8 Å². The van der Waals surface area contributed by atoms with Crippen LogP contribution in [0.4, 0.5) is 0 Å². The van der Waals surface area contributed by atoms with E-state index in [2.05, 4.69) is 0 Å². The van der Waals surface area contributed by atoms with Gasteiger partial charge in [0, 0.05) is 51.9 Å². The smallest absolute Gasteiger partial charge is 0.306 e. The van der Waals surface area contributed by atoms with Crippen LogP contribution in [0.25, 0.3) is 0 Å². The van der Waals surface area contributed by atoms with Crippen LogP contribution >= 0.6 is 0 Å². The van der Waals surface area contributed by atoms with Crippen molar-refractivity contribution in [3.05, 3.63) is 71.8 Å². The molecule has 3 rings (SSSR count). The molecule has 0 aliphatic carbocycles. The van der Waals surface area contributed by atoms with E-state index < -0.39 is 0 Å². The molecule has 0 bridgehead atoms. The first-order valence-corrected chi connectivity index (χ1v) is 12.5. The zero-order valence-corrected chi connectivity index (χ0v) is 20.6. The highest BCUT2D eigenvalue weighted by atomic mass is 16.5. The van der Waals surface area contributed by atoms with E-state index in [0.717, 1.165) is 11.1 Å². The third kappa shape index (κ3) is 9.52. The van der Waals surface area contributed by atoms with Gasteiger partial charge in [-0.25, -0.2) is 0 Å². The fraction of sp³-hybridized carbons (Fsp3) is 0.429. The van der Waals surface area contributed by atoms with Crippen molar-refractivity contribution in [1.82, 2.24) is 9.80 Å². The molecule has 0 unspecified atom stereocenters. The first-order valence-electron chi connectivity index (χ1n) is 12.5. The van der Waals surface area contributed by atoms with E-state index in [1.807, 2.05) is 60.7 Å². The molecule has 1 fully saturated rings. The summed E-state index contributed by atoms with van der Waals surface area (Å²) in [5, 5.41) is 0. The van der Waals surface area contributed by atoms with Crippen LogP contribution in [0, 0.1) is 0 Å². The molecule has 192 valence electrons. The van der Waals surface area contributed by atoms with E-state index in [-0.39, 0.29) is 49.4 Å². The van der Waals surface area contributed by atoms with Gasteiger partial charge in [-0.05, 0) is 11.1 Å². The van der Waals surface area contributed by atoms with E-state index in [1.165, 1.54) is 0 Å². The van der Waals surface area contributed by atoms with Crippen LogP contribution in [0.3, 0.4) is 0 Å². The molecule has 1 aliphatic rings. The SMILES string of the molecule is O=C(CCC(=O)N1CCN(C(=O)CCC(=O)OCCc2ccccc2)CC1)OCCc1ccccc1. The van der Waals surface area contributed by atoms with E-state index in [1.54, 1.807) is 9.80 Å². The molecule has 2 aromatic rings. The predicted octanol–water partition coefficient (Wildman–Crippen LogP) is 2.79. The van der Waals surface area contributed by atoms with Gasteiger partial charge in [0.1, 0.15) is 0 Å². The Morgan fingerprint density at radius 3 is 1.28 bits per heavy atom. The summed E-state index contributed by atoms with van der Waals surface area (Å²) in [4.78, 5) is 52.1. The molecule has 0 aromatic heterocycles. The Labute approximate surface area is 212 Å². The monoisotopic (exact) mass is 494 g/mol. The number of hydrogen-bond acceptors (Lipinski definition) is 6. The summed E-state index contributed by atoms with van der Waals surface area (Å²) in [6, 6.07) is 19.5. The average Bonchev–Trinajstić information content (AvgIpc) is 2.91. The summed E-state index contributed by atoms with van der Waals surface area (Å²) >= 11 is 0. The highest BCUT2D eigenvalue weighted by Crippen LogP contribution is 2.09. The van der Waals surface area contributed by atoms with Crippen LogP contribution in [-0.4, -0.2) is 72.9 Å². The molecule has 0 N–H and O–H groups in total. The van der Waals surface area contributed by atoms with Crippen molar-refractivity contribution in [2.24, 2.45) is 0 Å². The lowest BCUT2D eigenvalue weighted by atomic mass is 10.2. The minimum absolute atomic E-state index is 0.0408. The molecular formula is C28H34N2O6. The first-order chi connectivity index (χ1) is 17.5. The van der Waals surface area contributed by atoms with Gasteiger partial charge < -0.3 is 19.3 Å². The Morgan fingerprint density at radius 2 is 0.917 bits per heavy atom. The molecule has 1 saturated heterocycles. The highest BCUT2D eigenvalue weighted by molar-refractivity contribution is 5.83. The predicted molar refractivity (Wildman–Crippen MR) is 134 cm³/mol. The Hall–Kier alpha value is -3.68. The molecule has 2 amide bonds. The molecule has 36 heavy (non-hydrogen) atoms. The van der Waals surface area contributed by atoms with Crippen LogP contribution in [0.2, 0.25) is 0 Å². The standard InChI is InChI=1S/C28H34N2O6/c31-25(11-13-27(33)35-21-15-23-7-3-1-4-8-23)29-17-19-30(20-18-29)26(32)12-14-28(34)36-22-16-24-9-5-2-6-10-24/h1-10H,11-22H2. The molecule has 2 aromatic carbocycles. The number of benzene rings is 2. The van der Waals surface area contributed by atoms with Gasteiger partial charge in [0.15, 0.2) is 0 Å². The van der Waals surface area contributed by atoms with Gasteiger partial charge >= 0.3 is 11.9 Å². The zero-order chi connectivity index (χ0) is 25.6. The third-order valence-electron chi connectivity index (χ3n) is 6.06. The highest BCUT2D eigenvalue weighted by Gasteiger charge is 2.24. The second-order valence-electron chi connectivity index (χ2n) is 8.67. The lowest BCUT2D eigenvalue weighted by molar-refractivity contribution is -0.148. The molecular weight excluding hydrogens is 460 g/mol. The summed E-state index contributed by atoms with van der Waals surface area (Å²) < 4.78 is 10.5. The van der Waals surface area contributed by atoms with Crippen molar-refractivity contribution in [2.45, 2.75) is 38.5 Å². The van der Waals surface area contributed by atoms with Gasteiger partial charge in [0.05, 0.1) is 26.1 Å². The minimum Gasteiger partial charge on any atom is -0.465 e. The molecule has 0 atom stereocenters. The van der Waals surface area contributed by atoms with Crippen LogP contribution in [-0.2, 0) is 41.5 Å². The van der Waals surface area contributed by atoms with Crippen LogP contribution in [0.1, 0.15) is 36.8 Å². The van der Waals surface area contributed by atoms with Crippen molar-refractivity contribution in [3.63, 3.8) is 0 Å². The van der Waals surface area contributed by atoms with Gasteiger partial charge in [-0.1, -0.05) is 60.7 Å². The number of carbonyl (C=O) groups is 4. The summed E-state index contributed by atoms with van der Waals surface area (Å²) in [7, 11) is 0. The van der Waals surface area contributed by atoms with E-state index in [0.29, 0.717) is 52.2 Å². The van der Waals surface area contributed by atoms with Gasteiger partial charge in [-0.15, -0.1) is 0 Å². The van der Waals surface area contributed by atoms with Gasteiger partial charge in [-0.3, -0.25) is 19.2 Å². The Morgan fingerprint density at radius 1 is 0.556 bits per heavy atom. The summed E-state index contributed by atoms with van der Waals surface area (Å²) in [5.41, 5.74) is 2.18. The largest absolute Gasteiger partial charge is 0.465 e. The van der Waals surface area contributed by atoms with Crippen LogP contribution in [0.5, 0.6) is 0 Å². The van der Waals surface area contributed by atoms with Crippen LogP contribution in [0.15, 0.2) is 60.7 Å². The number of carbonyl (C=O) groups excluding carboxylic acids is 4. The normalized spacial score (nSPS) is 13.2. The number of rotatable bonds is 12. The fourth-order valence-electron chi connectivity index (χ4n) is 3.94. The maximum absolute atomic E-state index is 12.4. The van der Waals surface area contributed by atoms with E-state index >= 15 is 0 Å². The van der Waals surface area contributed by atoms with Gasteiger partial charge in [0.25, 0.3) is 0 Å².